The SMILES string of the molecule is O=C(COC(=O)[C@H]1CC(=O)N(c2ccc([N+](=O)[O-])cc2)C1)c1ccc(OC(=O)c2ccc([N+](=O)[O-])cc2)cc1. The molecule has 4 rings (SSSR count). The van der Waals surface area contributed by atoms with Crippen molar-refractivity contribution in [2.45, 2.75) is 6.42 Å². The van der Waals surface area contributed by atoms with Crippen LogP contribution in [-0.2, 0) is 14.3 Å². The number of anilines is 1. The molecule has 0 unspecified atom stereocenters. The molecule has 39 heavy (non-hydrogen) atoms. The van der Waals surface area contributed by atoms with Crippen molar-refractivity contribution in [3.8, 4) is 5.75 Å². The van der Waals surface area contributed by atoms with Gasteiger partial charge in [-0.1, -0.05) is 0 Å². The predicted molar refractivity (Wildman–Crippen MR) is 133 cm³/mol. The molecule has 13 nitrogen and oxygen atoms in total. The molecular weight excluding hydrogens is 514 g/mol. The van der Waals surface area contributed by atoms with Crippen LogP contribution >= 0.6 is 0 Å². The van der Waals surface area contributed by atoms with Crippen LogP contribution in [0.2, 0.25) is 0 Å². The molecule has 1 aliphatic heterocycles. The number of rotatable bonds is 9. The average molecular weight is 533 g/mol. The van der Waals surface area contributed by atoms with E-state index < -0.39 is 40.1 Å². The second-order valence-electron chi connectivity index (χ2n) is 8.43. The molecule has 1 aliphatic rings. The number of non-ortho nitro benzene ring substituents is 2. The van der Waals surface area contributed by atoms with Gasteiger partial charge in [0.1, 0.15) is 5.75 Å². The average Bonchev–Trinajstić information content (AvgIpc) is 3.33. The van der Waals surface area contributed by atoms with Gasteiger partial charge in [-0.25, -0.2) is 4.79 Å². The number of benzene rings is 3. The van der Waals surface area contributed by atoms with Crippen molar-refractivity contribution < 1.29 is 38.5 Å². The number of amides is 1. The number of nitro benzene ring substituents is 2. The summed E-state index contributed by atoms with van der Waals surface area (Å²) in [5.74, 6) is -3.02. The van der Waals surface area contributed by atoms with Crippen molar-refractivity contribution in [3.05, 3.63) is 104 Å². The summed E-state index contributed by atoms with van der Waals surface area (Å²) in [5.41, 5.74) is 0.400. The van der Waals surface area contributed by atoms with E-state index in [1.165, 1.54) is 77.7 Å². The van der Waals surface area contributed by atoms with Crippen LogP contribution in [0.15, 0.2) is 72.8 Å². The Bertz CT molecular complexity index is 1450. The summed E-state index contributed by atoms with van der Waals surface area (Å²) >= 11 is 0. The number of ether oxygens (including phenoxy) is 2. The lowest BCUT2D eigenvalue weighted by Gasteiger charge is -2.16. The lowest BCUT2D eigenvalue weighted by Crippen LogP contribution is -2.27. The fourth-order valence-electron chi connectivity index (χ4n) is 3.80. The fraction of sp³-hybridized carbons (Fsp3) is 0.154. The third-order valence-corrected chi connectivity index (χ3v) is 5.88. The second-order valence-corrected chi connectivity index (χ2v) is 8.43. The van der Waals surface area contributed by atoms with Gasteiger partial charge in [-0.05, 0) is 48.5 Å². The summed E-state index contributed by atoms with van der Waals surface area (Å²) < 4.78 is 10.3. The van der Waals surface area contributed by atoms with Crippen LogP contribution < -0.4 is 9.64 Å². The van der Waals surface area contributed by atoms with Crippen LogP contribution in [-0.4, -0.2) is 46.6 Å². The number of ketones is 1. The summed E-state index contributed by atoms with van der Waals surface area (Å²) in [6.45, 7) is -0.554. The van der Waals surface area contributed by atoms with E-state index in [0.717, 1.165) is 0 Å². The molecule has 0 aromatic heterocycles. The van der Waals surface area contributed by atoms with E-state index in [4.69, 9.17) is 9.47 Å². The summed E-state index contributed by atoms with van der Waals surface area (Å²) in [7, 11) is 0. The number of nitro groups is 2. The van der Waals surface area contributed by atoms with Gasteiger partial charge in [-0.3, -0.25) is 34.6 Å². The normalized spacial score (nSPS) is 14.5. The van der Waals surface area contributed by atoms with E-state index in [0.29, 0.717) is 5.69 Å². The minimum Gasteiger partial charge on any atom is -0.457 e. The topological polar surface area (TPSA) is 176 Å². The highest BCUT2D eigenvalue weighted by Gasteiger charge is 2.36. The van der Waals surface area contributed by atoms with Crippen molar-refractivity contribution in [2.24, 2.45) is 5.92 Å². The maximum absolute atomic E-state index is 12.5. The molecule has 1 amide bonds. The Balaban J connectivity index is 1.28. The second kappa shape index (κ2) is 11.3. The molecule has 0 bridgehead atoms. The molecule has 198 valence electrons. The molecule has 0 N–H and O–H groups in total. The van der Waals surface area contributed by atoms with Gasteiger partial charge in [0.25, 0.3) is 11.4 Å². The van der Waals surface area contributed by atoms with E-state index in [1.807, 2.05) is 0 Å². The van der Waals surface area contributed by atoms with Crippen molar-refractivity contribution in [3.63, 3.8) is 0 Å². The van der Waals surface area contributed by atoms with Crippen LogP contribution in [0.3, 0.4) is 0 Å². The first-order valence-electron chi connectivity index (χ1n) is 11.4. The van der Waals surface area contributed by atoms with Crippen LogP contribution in [0.4, 0.5) is 17.1 Å². The van der Waals surface area contributed by atoms with E-state index in [2.05, 4.69) is 0 Å². The number of nitrogens with zero attached hydrogens (tertiary/aromatic N) is 3. The predicted octanol–water partition coefficient (Wildman–Crippen LogP) is 3.50. The summed E-state index contributed by atoms with van der Waals surface area (Å²) in [4.78, 5) is 71.2. The molecular formula is C26H19N3O10. The van der Waals surface area contributed by atoms with Crippen LogP contribution in [0, 0.1) is 26.1 Å². The molecule has 13 heteroatoms. The Morgan fingerprint density at radius 3 is 1.92 bits per heavy atom. The minimum absolute atomic E-state index is 0.0124. The van der Waals surface area contributed by atoms with Crippen LogP contribution in [0.25, 0.3) is 0 Å². The van der Waals surface area contributed by atoms with Crippen molar-refractivity contribution in [2.75, 3.05) is 18.1 Å². The fourth-order valence-corrected chi connectivity index (χ4v) is 3.80. The van der Waals surface area contributed by atoms with Gasteiger partial charge < -0.3 is 14.4 Å². The van der Waals surface area contributed by atoms with Crippen molar-refractivity contribution in [1.29, 1.82) is 0 Å². The third kappa shape index (κ3) is 6.28. The Morgan fingerprint density at radius 1 is 0.821 bits per heavy atom. The van der Waals surface area contributed by atoms with Crippen LogP contribution in [0.5, 0.6) is 5.75 Å². The molecule has 1 atom stereocenters. The first-order chi connectivity index (χ1) is 18.6. The number of hydrogen-bond acceptors (Lipinski definition) is 10. The number of esters is 2. The Morgan fingerprint density at radius 2 is 1.36 bits per heavy atom. The zero-order valence-electron chi connectivity index (χ0n) is 20.1. The number of carbonyl (C=O) groups is 4. The van der Waals surface area contributed by atoms with Crippen molar-refractivity contribution in [1.82, 2.24) is 0 Å². The quantitative estimate of drug-likeness (QED) is 0.130. The largest absolute Gasteiger partial charge is 0.457 e. The molecule has 3 aromatic rings. The third-order valence-electron chi connectivity index (χ3n) is 5.88. The molecule has 1 heterocycles. The smallest absolute Gasteiger partial charge is 0.343 e. The van der Waals surface area contributed by atoms with Gasteiger partial charge >= 0.3 is 11.9 Å². The lowest BCUT2D eigenvalue weighted by atomic mass is 10.1. The maximum Gasteiger partial charge on any atom is 0.343 e. The van der Waals surface area contributed by atoms with E-state index in [-0.39, 0.29) is 47.1 Å². The zero-order valence-corrected chi connectivity index (χ0v) is 20.1. The monoisotopic (exact) mass is 533 g/mol. The Labute approximate surface area is 219 Å². The molecule has 1 fully saturated rings. The molecule has 0 radical (unpaired) electrons. The number of hydrogen-bond donors (Lipinski definition) is 0. The Kier molecular flexibility index (Phi) is 7.70. The summed E-state index contributed by atoms with van der Waals surface area (Å²) in [6, 6.07) is 15.7. The number of carbonyl (C=O) groups excluding carboxylic acids is 4. The maximum atomic E-state index is 12.5. The van der Waals surface area contributed by atoms with E-state index >= 15 is 0 Å². The lowest BCUT2D eigenvalue weighted by molar-refractivity contribution is -0.385. The molecule has 0 aliphatic carbocycles. The van der Waals surface area contributed by atoms with Crippen LogP contribution in [0.1, 0.15) is 27.1 Å². The first-order valence-corrected chi connectivity index (χ1v) is 11.4. The van der Waals surface area contributed by atoms with Crippen molar-refractivity contribution >= 4 is 40.7 Å². The zero-order chi connectivity index (χ0) is 28.1. The van der Waals surface area contributed by atoms with Gasteiger partial charge in [0.2, 0.25) is 5.91 Å². The standard InChI is InChI=1S/C26H19N3O10/c30-23(16-3-11-22(12-4-16)39-26(33)17-1-5-20(6-2-17)28(34)35)15-38-25(32)18-13-24(31)27(14-18)19-7-9-21(10-8-19)29(36)37/h1-12,18H,13-15H2/t18-/m0/s1. The van der Waals surface area contributed by atoms with E-state index in [9.17, 15) is 39.4 Å². The minimum atomic E-state index is -0.804. The van der Waals surface area contributed by atoms with Gasteiger partial charge in [0.05, 0.1) is 21.3 Å². The first kappa shape index (κ1) is 26.6. The van der Waals surface area contributed by atoms with Gasteiger partial charge in [0.15, 0.2) is 12.4 Å². The molecule has 0 saturated carbocycles. The Hall–Kier alpha value is -5.46. The van der Waals surface area contributed by atoms with Gasteiger partial charge in [-0.2, -0.15) is 0 Å². The molecule has 1 saturated heterocycles. The molecule has 3 aromatic carbocycles. The summed E-state index contributed by atoms with van der Waals surface area (Å²) in [5, 5.41) is 21.5. The highest BCUT2D eigenvalue weighted by Crippen LogP contribution is 2.27. The summed E-state index contributed by atoms with van der Waals surface area (Å²) in [6.07, 6.45) is -0.126. The number of Topliss-reactive ketones (excluding diaryl/α,β-unsaturated/α-hetero) is 1. The highest BCUT2D eigenvalue weighted by atomic mass is 16.6. The molecule has 0 spiro atoms. The van der Waals surface area contributed by atoms with E-state index in [1.54, 1.807) is 0 Å². The highest BCUT2D eigenvalue weighted by molar-refractivity contribution is 6.01. The van der Waals surface area contributed by atoms with Gasteiger partial charge in [-0.15, -0.1) is 0 Å². The van der Waals surface area contributed by atoms with Gasteiger partial charge in [0, 0.05) is 48.5 Å².